The summed E-state index contributed by atoms with van der Waals surface area (Å²) in [5, 5.41) is 2.13. The van der Waals surface area contributed by atoms with Crippen molar-refractivity contribution in [2.75, 3.05) is 7.11 Å². The number of rotatable bonds is 2. The molecule has 0 bridgehead atoms. The maximum atomic E-state index is 5.56. The van der Waals surface area contributed by atoms with E-state index in [1.807, 2.05) is 18.2 Å². The predicted octanol–water partition coefficient (Wildman–Crippen LogP) is 1.70. The van der Waals surface area contributed by atoms with Gasteiger partial charge in [-0.2, -0.15) is 0 Å². The minimum absolute atomic E-state index is 0.556. The molecule has 0 aliphatic rings. The summed E-state index contributed by atoms with van der Waals surface area (Å²) in [7, 11) is 1.62. The molecule has 0 radical (unpaired) electrons. The van der Waals surface area contributed by atoms with Crippen LogP contribution in [0.5, 0.6) is 5.88 Å². The predicted molar refractivity (Wildman–Crippen MR) is 56.2 cm³/mol. The summed E-state index contributed by atoms with van der Waals surface area (Å²) in [6.45, 7) is 0.556. The van der Waals surface area contributed by atoms with Crippen LogP contribution in [0.3, 0.4) is 0 Å². The number of nitrogens with zero attached hydrogens (tertiary/aromatic N) is 1. The molecule has 0 spiro atoms. The Balaban J connectivity index is 2.67. The summed E-state index contributed by atoms with van der Waals surface area (Å²) in [5.41, 5.74) is 6.68. The molecule has 14 heavy (non-hydrogen) atoms. The Labute approximate surface area is 82.5 Å². The number of ether oxygens (including phenoxy) is 1. The number of pyridine rings is 1. The highest BCUT2D eigenvalue weighted by Crippen LogP contribution is 2.23. The van der Waals surface area contributed by atoms with Crippen molar-refractivity contribution in [2.24, 2.45) is 5.73 Å². The fraction of sp³-hybridized carbons (Fsp3) is 0.182. The topological polar surface area (TPSA) is 48.1 Å². The first-order valence-electron chi connectivity index (χ1n) is 4.47. The van der Waals surface area contributed by atoms with Gasteiger partial charge in [0.05, 0.1) is 7.11 Å². The van der Waals surface area contributed by atoms with Crippen LogP contribution in [-0.2, 0) is 6.54 Å². The summed E-state index contributed by atoms with van der Waals surface area (Å²) in [5.74, 6) is 0.658. The standard InChI is InChI=1S/C11H12N2O/c1-14-11-10-3-2-8(7-12)6-9(10)4-5-13-11/h2-6H,7,12H2,1H3. The van der Waals surface area contributed by atoms with Gasteiger partial charge in [0.1, 0.15) is 0 Å². The average Bonchev–Trinajstić information content (AvgIpc) is 2.27. The lowest BCUT2D eigenvalue weighted by Gasteiger charge is -2.04. The second kappa shape index (κ2) is 3.64. The Kier molecular flexibility index (Phi) is 2.33. The lowest BCUT2D eigenvalue weighted by atomic mass is 10.1. The number of benzene rings is 1. The van der Waals surface area contributed by atoms with Crippen molar-refractivity contribution < 1.29 is 4.74 Å². The number of aromatic nitrogens is 1. The Morgan fingerprint density at radius 2 is 2.21 bits per heavy atom. The van der Waals surface area contributed by atoms with E-state index in [1.54, 1.807) is 13.3 Å². The van der Waals surface area contributed by atoms with Crippen molar-refractivity contribution >= 4 is 10.8 Å². The molecule has 0 aliphatic carbocycles. The highest BCUT2D eigenvalue weighted by Gasteiger charge is 2.01. The number of hydrogen-bond donors (Lipinski definition) is 1. The maximum absolute atomic E-state index is 5.56. The Morgan fingerprint density at radius 3 is 2.93 bits per heavy atom. The third kappa shape index (κ3) is 1.42. The first kappa shape index (κ1) is 8.97. The highest BCUT2D eigenvalue weighted by atomic mass is 16.5. The van der Waals surface area contributed by atoms with Gasteiger partial charge in [-0.25, -0.2) is 4.98 Å². The normalized spacial score (nSPS) is 10.4. The van der Waals surface area contributed by atoms with E-state index in [0.29, 0.717) is 12.4 Å². The van der Waals surface area contributed by atoms with E-state index in [2.05, 4.69) is 11.1 Å². The van der Waals surface area contributed by atoms with Gasteiger partial charge in [-0.3, -0.25) is 0 Å². The second-order valence-corrected chi connectivity index (χ2v) is 3.08. The maximum Gasteiger partial charge on any atom is 0.221 e. The van der Waals surface area contributed by atoms with Crippen LogP contribution in [0.25, 0.3) is 10.8 Å². The van der Waals surface area contributed by atoms with Gasteiger partial charge in [-0.1, -0.05) is 6.07 Å². The molecule has 0 unspecified atom stereocenters. The highest BCUT2D eigenvalue weighted by molar-refractivity contribution is 5.87. The lowest BCUT2D eigenvalue weighted by molar-refractivity contribution is 0.403. The van der Waals surface area contributed by atoms with Crippen LogP contribution in [0.1, 0.15) is 5.56 Å². The fourth-order valence-electron chi connectivity index (χ4n) is 1.49. The largest absolute Gasteiger partial charge is 0.481 e. The van der Waals surface area contributed by atoms with Gasteiger partial charge in [-0.15, -0.1) is 0 Å². The van der Waals surface area contributed by atoms with Gasteiger partial charge in [0.2, 0.25) is 5.88 Å². The number of hydrogen-bond acceptors (Lipinski definition) is 3. The van der Waals surface area contributed by atoms with Crippen molar-refractivity contribution in [3.8, 4) is 5.88 Å². The van der Waals surface area contributed by atoms with E-state index in [-0.39, 0.29) is 0 Å². The molecule has 72 valence electrons. The molecule has 0 amide bonds. The monoisotopic (exact) mass is 188 g/mol. The SMILES string of the molecule is COc1nccc2cc(CN)ccc12. The fourth-order valence-corrected chi connectivity index (χ4v) is 1.49. The summed E-state index contributed by atoms with van der Waals surface area (Å²) >= 11 is 0. The van der Waals surface area contributed by atoms with E-state index in [9.17, 15) is 0 Å². The summed E-state index contributed by atoms with van der Waals surface area (Å²) < 4.78 is 5.16. The summed E-state index contributed by atoms with van der Waals surface area (Å²) in [4.78, 5) is 4.13. The molecule has 0 aliphatic heterocycles. The molecular formula is C11H12N2O. The molecule has 0 saturated heterocycles. The van der Waals surface area contributed by atoms with E-state index < -0.39 is 0 Å². The number of nitrogens with two attached hydrogens (primary N) is 1. The van der Waals surface area contributed by atoms with Crippen molar-refractivity contribution in [1.82, 2.24) is 4.98 Å². The van der Waals surface area contributed by atoms with Crippen LogP contribution in [0, 0.1) is 0 Å². The van der Waals surface area contributed by atoms with Crippen molar-refractivity contribution in [2.45, 2.75) is 6.54 Å². The van der Waals surface area contributed by atoms with Crippen LogP contribution in [0.15, 0.2) is 30.5 Å². The smallest absolute Gasteiger partial charge is 0.221 e. The molecule has 2 aromatic rings. The first-order valence-corrected chi connectivity index (χ1v) is 4.47. The lowest BCUT2D eigenvalue weighted by Crippen LogP contribution is -1.96. The van der Waals surface area contributed by atoms with E-state index in [4.69, 9.17) is 10.5 Å². The van der Waals surface area contributed by atoms with E-state index in [0.717, 1.165) is 16.3 Å². The van der Waals surface area contributed by atoms with E-state index in [1.165, 1.54) is 0 Å². The summed E-state index contributed by atoms with van der Waals surface area (Å²) in [6.07, 6.45) is 1.74. The van der Waals surface area contributed by atoms with E-state index >= 15 is 0 Å². The quantitative estimate of drug-likeness (QED) is 0.780. The van der Waals surface area contributed by atoms with Crippen LogP contribution in [-0.4, -0.2) is 12.1 Å². The van der Waals surface area contributed by atoms with Crippen LogP contribution < -0.4 is 10.5 Å². The zero-order valence-electron chi connectivity index (χ0n) is 8.03. The van der Waals surface area contributed by atoms with Gasteiger partial charge in [-0.05, 0) is 29.1 Å². The van der Waals surface area contributed by atoms with Gasteiger partial charge in [0, 0.05) is 18.1 Å². The molecule has 2 N–H and O–H groups in total. The number of methoxy groups -OCH3 is 1. The third-order valence-corrected chi connectivity index (χ3v) is 2.22. The average molecular weight is 188 g/mol. The Morgan fingerprint density at radius 1 is 1.36 bits per heavy atom. The minimum Gasteiger partial charge on any atom is -0.481 e. The molecule has 1 heterocycles. The van der Waals surface area contributed by atoms with Crippen LogP contribution in [0.4, 0.5) is 0 Å². The Bertz CT molecular complexity index is 454. The molecule has 0 atom stereocenters. The molecule has 0 fully saturated rings. The van der Waals surface area contributed by atoms with Gasteiger partial charge in [0.25, 0.3) is 0 Å². The molecule has 1 aromatic heterocycles. The zero-order chi connectivity index (χ0) is 9.97. The molecular weight excluding hydrogens is 176 g/mol. The van der Waals surface area contributed by atoms with Gasteiger partial charge in [0.15, 0.2) is 0 Å². The van der Waals surface area contributed by atoms with Crippen molar-refractivity contribution in [3.05, 3.63) is 36.0 Å². The Hall–Kier alpha value is -1.61. The second-order valence-electron chi connectivity index (χ2n) is 3.08. The molecule has 3 nitrogen and oxygen atoms in total. The zero-order valence-corrected chi connectivity index (χ0v) is 8.03. The molecule has 1 aromatic carbocycles. The summed E-state index contributed by atoms with van der Waals surface area (Å²) in [6, 6.07) is 7.99. The number of fused-ring (bicyclic) bond motifs is 1. The molecule has 2 rings (SSSR count). The first-order chi connectivity index (χ1) is 6.85. The van der Waals surface area contributed by atoms with Crippen molar-refractivity contribution in [3.63, 3.8) is 0 Å². The minimum atomic E-state index is 0.556. The molecule has 0 saturated carbocycles. The van der Waals surface area contributed by atoms with Gasteiger partial charge >= 0.3 is 0 Å². The van der Waals surface area contributed by atoms with Gasteiger partial charge < -0.3 is 10.5 Å². The van der Waals surface area contributed by atoms with Crippen molar-refractivity contribution in [1.29, 1.82) is 0 Å². The molecule has 3 heteroatoms. The van der Waals surface area contributed by atoms with Crippen LogP contribution >= 0.6 is 0 Å². The third-order valence-electron chi connectivity index (χ3n) is 2.22. The van der Waals surface area contributed by atoms with Crippen LogP contribution in [0.2, 0.25) is 0 Å².